The van der Waals surface area contributed by atoms with Crippen LogP contribution in [0.1, 0.15) is 33.6 Å². The van der Waals surface area contributed by atoms with Crippen molar-refractivity contribution in [1.82, 2.24) is 10.6 Å². The van der Waals surface area contributed by atoms with Crippen LogP contribution >= 0.6 is 0 Å². The van der Waals surface area contributed by atoms with E-state index in [-0.39, 0.29) is 19.4 Å². The average molecular weight is 289 g/mol. The summed E-state index contributed by atoms with van der Waals surface area (Å²) in [6.07, 6.45) is -0.158. The molecule has 5 N–H and O–H groups in total. The van der Waals surface area contributed by atoms with Gasteiger partial charge in [-0.05, 0) is 27.2 Å². The number of carboxylic acid groups (broad SMARTS) is 1. The van der Waals surface area contributed by atoms with Gasteiger partial charge in [-0.25, -0.2) is 9.59 Å². The first-order valence-electron chi connectivity index (χ1n) is 6.37. The van der Waals surface area contributed by atoms with E-state index in [2.05, 4.69) is 10.6 Å². The average Bonchev–Trinajstić information content (AvgIpc) is 2.31. The second-order valence-electron chi connectivity index (χ2n) is 4.92. The molecule has 0 aromatic carbocycles. The first-order valence-corrected chi connectivity index (χ1v) is 6.37. The Hall–Kier alpha value is -1.83. The van der Waals surface area contributed by atoms with E-state index in [1.54, 1.807) is 13.8 Å². The third-order valence-corrected chi connectivity index (χ3v) is 2.49. The summed E-state index contributed by atoms with van der Waals surface area (Å²) < 4.78 is 5.39. The Morgan fingerprint density at radius 1 is 1.35 bits per heavy atom. The van der Waals surface area contributed by atoms with E-state index < -0.39 is 29.6 Å². The molecule has 0 aliphatic heterocycles. The van der Waals surface area contributed by atoms with Gasteiger partial charge in [0.15, 0.2) is 0 Å². The SMILES string of the molecule is CCOC(C)(C)CNC(=O)N[C@@H](CCC(N)=O)C(=O)O. The van der Waals surface area contributed by atoms with Gasteiger partial charge in [0.2, 0.25) is 5.91 Å². The van der Waals surface area contributed by atoms with Crippen LogP contribution < -0.4 is 16.4 Å². The van der Waals surface area contributed by atoms with Gasteiger partial charge < -0.3 is 26.2 Å². The van der Waals surface area contributed by atoms with Crippen molar-refractivity contribution in [1.29, 1.82) is 0 Å². The molecular formula is C12H23N3O5. The molecule has 0 rings (SSSR count). The lowest BCUT2D eigenvalue weighted by Gasteiger charge is -2.25. The predicted octanol–water partition coefficient (Wildman–Crippen LogP) is -0.181. The molecule has 0 spiro atoms. The fraction of sp³-hybridized carbons (Fsp3) is 0.750. The van der Waals surface area contributed by atoms with Crippen molar-refractivity contribution in [2.45, 2.75) is 45.3 Å². The van der Waals surface area contributed by atoms with Crippen LogP contribution in [0.5, 0.6) is 0 Å². The van der Waals surface area contributed by atoms with Gasteiger partial charge in [0.25, 0.3) is 0 Å². The number of nitrogens with two attached hydrogens (primary N) is 1. The molecule has 0 radical (unpaired) electrons. The molecule has 0 aromatic rings. The van der Waals surface area contributed by atoms with Crippen molar-refractivity contribution in [3.63, 3.8) is 0 Å². The number of hydrogen-bond acceptors (Lipinski definition) is 4. The Morgan fingerprint density at radius 2 is 1.95 bits per heavy atom. The lowest BCUT2D eigenvalue weighted by Crippen LogP contribution is -2.50. The molecule has 0 bridgehead atoms. The lowest BCUT2D eigenvalue weighted by molar-refractivity contribution is -0.139. The first kappa shape index (κ1) is 18.2. The minimum absolute atomic E-state index is 0.0487. The van der Waals surface area contributed by atoms with Crippen molar-refractivity contribution >= 4 is 17.9 Å². The van der Waals surface area contributed by atoms with E-state index in [0.717, 1.165) is 0 Å². The Balaban J connectivity index is 4.26. The van der Waals surface area contributed by atoms with E-state index in [1.165, 1.54) is 0 Å². The Kier molecular flexibility index (Phi) is 7.60. The van der Waals surface area contributed by atoms with Crippen LogP contribution in [-0.4, -0.2) is 47.8 Å². The number of carboxylic acids is 1. The molecule has 3 amide bonds. The third kappa shape index (κ3) is 8.30. The summed E-state index contributed by atoms with van der Waals surface area (Å²) in [7, 11) is 0. The van der Waals surface area contributed by atoms with Gasteiger partial charge in [-0.1, -0.05) is 0 Å². The summed E-state index contributed by atoms with van der Waals surface area (Å²) in [5, 5.41) is 13.7. The fourth-order valence-electron chi connectivity index (χ4n) is 1.49. The topological polar surface area (TPSA) is 131 Å². The molecule has 0 aromatic heterocycles. The van der Waals surface area contributed by atoms with E-state index in [9.17, 15) is 14.4 Å². The van der Waals surface area contributed by atoms with E-state index >= 15 is 0 Å². The molecule has 0 aliphatic carbocycles. The normalized spacial score (nSPS) is 12.6. The molecule has 1 atom stereocenters. The number of carbonyl (C=O) groups is 3. The van der Waals surface area contributed by atoms with E-state index in [1.807, 2.05) is 6.92 Å². The third-order valence-electron chi connectivity index (χ3n) is 2.49. The highest BCUT2D eigenvalue weighted by Crippen LogP contribution is 2.06. The minimum atomic E-state index is -1.22. The fourth-order valence-corrected chi connectivity index (χ4v) is 1.49. The molecule has 0 saturated heterocycles. The lowest BCUT2D eigenvalue weighted by atomic mass is 10.1. The molecule has 8 heteroatoms. The summed E-state index contributed by atoms with van der Waals surface area (Å²) in [6, 6.07) is -1.78. The molecule has 20 heavy (non-hydrogen) atoms. The zero-order valence-corrected chi connectivity index (χ0v) is 12.1. The first-order chi connectivity index (χ1) is 9.18. The van der Waals surface area contributed by atoms with E-state index in [4.69, 9.17) is 15.6 Å². The molecule has 0 heterocycles. The quantitative estimate of drug-likeness (QED) is 0.467. The molecule has 0 unspecified atom stereocenters. The molecule has 0 fully saturated rings. The number of nitrogens with one attached hydrogen (secondary N) is 2. The minimum Gasteiger partial charge on any atom is -0.480 e. The van der Waals surface area contributed by atoms with Gasteiger partial charge in [-0.3, -0.25) is 4.79 Å². The predicted molar refractivity (Wildman–Crippen MR) is 72.1 cm³/mol. The Bertz CT molecular complexity index is 357. The number of hydrogen-bond donors (Lipinski definition) is 4. The zero-order chi connectivity index (χ0) is 15.8. The molecule has 0 aliphatic rings. The highest BCUT2D eigenvalue weighted by atomic mass is 16.5. The number of urea groups is 1. The van der Waals surface area contributed by atoms with Crippen molar-refractivity contribution in [3.8, 4) is 0 Å². The second kappa shape index (κ2) is 8.36. The van der Waals surface area contributed by atoms with Gasteiger partial charge >= 0.3 is 12.0 Å². The van der Waals surface area contributed by atoms with Crippen molar-refractivity contribution in [2.24, 2.45) is 5.73 Å². The summed E-state index contributed by atoms with van der Waals surface area (Å²) in [4.78, 5) is 33.2. The van der Waals surface area contributed by atoms with Crippen LogP contribution in [-0.2, 0) is 14.3 Å². The number of primary amides is 1. The summed E-state index contributed by atoms with van der Waals surface area (Å²) in [5.74, 6) is -1.83. The van der Waals surface area contributed by atoms with Crippen LogP contribution in [0.15, 0.2) is 0 Å². The maximum Gasteiger partial charge on any atom is 0.326 e. The number of rotatable bonds is 9. The van der Waals surface area contributed by atoms with Crippen molar-refractivity contribution in [2.75, 3.05) is 13.2 Å². The van der Waals surface area contributed by atoms with Crippen molar-refractivity contribution in [3.05, 3.63) is 0 Å². The van der Waals surface area contributed by atoms with Gasteiger partial charge in [0.05, 0.1) is 5.60 Å². The Morgan fingerprint density at radius 3 is 2.40 bits per heavy atom. The summed E-state index contributed by atoms with van der Waals surface area (Å²) in [5.41, 5.74) is 4.40. The summed E-state index contributed by atoms with van der Waals surface area (Å²) >= 11 is 0. The second-order valence-corrected chi connectivity index (χ2v) is 4.92. The maximum absolute atomic E-state index is 11.6. The van der Waals surface area contributed by atoms with Crippen molar-refractivity contribution < 1.29 is 24.2 Å². The van der Waals surface area contributed by atoms with Gasteiger partial charge in [0.1, 0.15) is 6.04 Å². The smallest absolute Gasteiger partial charge is 0.326 e. The van der Waals surface area contributed by atoms with Gasteiger partial charge in [0, 0.05) is 19.6 Å². The van der Waals surface area contributed by atoms with Crippen LogP contribution in [0.25, 0.3) is 0 Å². The number of amides is 3. The Labute approximate surface area is 118 Å². The summed E-state index contributed by atoms with van der Waals surface area (Å²) in [6.45, 7) is 6.19. The van der Waals surface area contributed by atoms with E-state index in [0.29, 0.717) is 6.61 Å². The molecule has 8 nitrogen and oxygen atoms in total. The largest absolute Gasteiger partial charge is 0.480 e. The standard InChI is InChI=1S/C12H23N3O5/c1-4-20-12(2,3)7-14-11(19)15-8(10(17)18)5-6-9(13)16/h8H,4-7H2,1-3H3,(H2,13,16)(H,17,18)(H2,14,15,19)/t8-/m0/s1. The highest BCUT2D eigenvalue weighted by Gasteiger charge is 2.22. The highest BCUT2D eigenvalue weighted by molar-refractivity contribution is 5.83. The van der Waals surface area contributed by atoms with Gasteiger partial charge in [-0.15, -0.1) is 0 Å². The van der Waals surface area contributed by atoms with Gasteiger partial charge in [-0.2, -0.15) is 0 Å². The molecule has 0 saturated carbocycles. The number of aliphatic carboxylic acids is 1. The number of ether oxygens (including phenoxy) is 1. The van der Waals surface area contributed by atoms with Crippen LogP contribution in [0, 0.1) is 0 Å². The monoisotopic (exact) mass is 289 g/mol. The maximum atomic E-state index is 11.6. The zero-order valence-electron chi connectivity index (χ0n) is 12.1. The molecule has 116 valence electrons. The molecular weight excluding hydrogens is 266 g/mol. The number of carbonyl (C=O) groups excluding carboxylic acids is 2. The van der Waals surface area contributed by atoms with Crippen LogP contribution in [0.4, 0.5) is 4.79 Å². The van der Waals surface area contributed by atoms with Crippen LogP contribution in [0.2, 0.25) is 0 Å². The van der Waals surface area contributed by atoms with Crippen LogP contribution in [0.3, 0.4) is 0 Å².